The van der Waals surface area contributed by atoms with Crippen molar-refractivity contribution in [2.75, 3.05) is 0 Å². The Hall–Kier alpha value is -1.65. The molecule has 0 bridgehead atoms. The van der Waals surface area contributed by atoms with E-state index in [2.05, 4.69) is 29.3 Å². The Bertz CT molecular complexity index is 414. The highest BCUT2D eigenvalue weighted by atomic mass is 15.4. The maximum atomic E-state index is 4.39. The zero-order valence-electron chi connectivity index (χ0n) is 8.55. The molecule has 74 valence electrons. The number of hydrogen-bond acceptors (Lipinski definition) is 3. The number of rotatable bonds is 2. The molecule has 0 aromatic carbocycles. The summed E-state index contributed by atoms with van der Waals surface area (Å²) in [7, 11) is 1.92. The Morgan fingerprint density at radius 1 is 1.43 bits per heavy atom. The van der Waals surface area contributed by atoms with Crippen LogP contribution >= 0.6 is 0 Å². The minimum Gasteiger partial charge on any atom is -0.275 e. The number of aromatic nitrogens is 5. The van der Waals surface area contributed by atoms with Gasteiger partial charge in [-0.2, -0.15) is 5.10 Å². The minimum absolute atomic E-state index is 0.138. The van der Waals surface area contributed by atoms with Gasteiger partial charge in [0.25, 0.3) is 0 Å². The van der Waals surface area contributed by atoms with Crippen molar-refractivity contribution >= 4 is 0 Å². The van der Waals surface area contributed by atoms with Gasteiger partial charge in [-0.05, 0) is 19.4 Å². The van der Waals surface area contributed by atoms with Crippen LogP contribution in [-0.4, -0.2) is 24.8 Å². The Labute approximate surface area is 82.4 Å². The lowest BCUT2D eigenvalue weighted by Crippen LogP contribution is -2.09. The van der Waals surface area contributed by atoms with Crippen LogP contribution < -0.4 is 0 Å². The van der Waals surface area contributed by atoms with Gasteiger partial charge in [-0.25, -0.2) is 4.68 Å². The average Bonchev–Trinajstić information content (AvgIpc) is 2.73. The van der Waals surface area contributed by atoms with Crippen LogP contribution in [-0.2, 0) is 7.05 Å². The molecule has 0 amide bonds. The lowest BCUT2D eigenvalue weighted by Gasteiger charge is -2.08. The second-order valence-electron chi connectivity index (χ2n) is 3.43. The van der Waals surface area contributed by atoms with Gasteiger partial charge >= 0.3 is 0 Å². The van der Waals surface area contributed by atoms with Crippen molar-refractivity contribution in [3.63, 3.8) is 0 Å². The third-order valence-electron chi connectivity index (χ3n) is 2.28. The molecule has 0 saturated carbocycles. The molecular formula is C9H13N5. The summed E-state index contributed by atoms with van der Waals surface area (Å²) in [5.74, 6) is 0. The third kappa shape index (κ3) is 1.41. The van der Waals surface area contributed by atoms with E-state index in [1.807, 2.05) is 24.1 Å². The second kappa shape index (κ2) is 3.25. The van der Waals surface area contributed by atoms with Crippen molar-refractivity contribution in [1.29, 1.82) is 0 Å². The fraction of sp³-hybridized carbons (Fsp3) is 0.444. The molecule has 2 aromatic heterocycles. The summed E-state index contributed by atoms with van der Waals surface area (Å²) in [4.78, 5) is 0. The quantitative estimate of drug-likeness (QED) is 0.709. The molecule has 2 rings (SSSR count). The van der Waals surface area contributed by atoms with Crippen molar-refractivity contribution in [3.05, 3.63) is 29.8 Å². The second-order valence-corrected chi connectivity index (χ2v) is 3.43. The number of hydrogen-bond donors (Lipinski definition) is 0. The highest BCUT2D eigenvalue weighted by Crippen LogP contribution is 2.17. The van der Waals surface area contributed by atoms with Gasteiger partial charge < -0.3 is 0 Å². The van der Waals surface area contributed by atoms with Gasteiger partial charge in [-0.3, -0.25) is 4.68 Å². The molecule has 0 aliphatic heterocycles. The van der Waals surface area contributed by atoms with E-state index in [-0.39, 0.29) is 6.04 Å². The molecule has 0 fully saturated rings. The van der Waals surface area contributed by atoms with Crippen molar-refractivity contribution in [3.8, 4) is 0 Å². The summed E-state index contributed by atoms with van der Waals surface area (Å²) >= 11 is 0. The Kier molecular flexibility index (Phi) is 2.07. The van der Waals surface area contributed by atoms with Crippen LogP contribution in [0.15, 0.2) is 18.6 Å². The minimum atomic E-state index is 0.138. The van der Waals surface area contributed by atoms with E-state index < -0.39 is 0 Å². The molecule has 14 heavy (non-hydrogen) atoms. The van der Waals surface area contributed by atoms with Crippen LogP contribution in [0.3, 0.4) is 0 Å². The fourth-order valence-corrected chi connectivity index (χ4v) is 1.59. The monoisotopic (exact) mass is 191 g/mol. The first-order chi connectivity index (χ1) is 6.68. The van der Waals surface area contributed by atoms with Crippen LogP contribution in [0.25, 0.3) is 0 Å². The first-order valence-corrected chi connectivity index (χ1v) is 4.54. The summed E-state index contributed by atoms with van der Waals surface area (Å²) in [6, 6.07) is 0.138. The standard InChI is InChI=1S/C9H13N5/c1-7-6-13(3)11-9(7)8(2)14-5-4-10-12-14/h4-6,8H,1-3H3. The van der Waals surface area contributed by atoms with Crippen LogP contribution in [0.1, 0.15) is 24.2 Å². The molecule has 1 unspecified atom stereocenters. The van der Waals surface area contributed by atoms with E-state index in [9.17, 15) is 0 Å². The van der Waals surface area contributed by atoms with E-state index >= 15 is 0 Å². The maximum absolute atomic E-state index is 4.39. The molecule has 0 radical (unpaired) electrons. The maximum Gasteiger partial charge on any atom is 0.0949 e. The molecule has 0 spiro atoms. The number of nitrogens with zero attached hydrogens (tertiary/aromatic N) is 5. The Balaban J connectivity index is 2.36. The Morgan fingerprint density at radius 2 is 2.21 bits per heavy atom. The molecule has 2 heterocycles. The van der Waals surface area contributed by atoms with Gasteiger partial charge in [-0.15, -0.1) is 5.10 Å². The van der Waals surface area contributed by atoms with E-state index in [1.54, 1.807) is 10.9 Å². The van der Waals surface area contributed by atoms with Crippen molar-refractivity contribution in [2.45, 2.75) is 19.9 Å². The normalized spacial score (nSPS) is 13.1. The SMILES string of the molecule is Cc1cn(C)nc1C(C)n1ccnn1. The van der Waals surface area contributed by atoms with Gasteiger partial charge in [-0.1, -0.05) is 5.21 Å². The van der Waals surface area contributed by atoms with Crippen LogP contribution in [0.2, 0.25) is 0 Å². The third-order valence-corrected chi connectivity index (χ3v) is 2.28. The first kappa shape index (κ1) is 8.93. The Morgan fingerprint density at radius 3 is 2.71 bits per heavy atom. The molecule has 5 nitrogen and oxygen atoms in total. The van der Waals surface area contributed by atoms with Crippen molar-refractivity contribution in [1.82, 2.24) is 24.8 Å². The van der Waals surface area contributed by atoms with E-state index in [0.717, 1.165) is 5.69 Å². The van der Waals surface area contributed by atoms with Crippen LogP contribution in [0.4, 0.5) is 0 Å². The fourth-order valence-electron chi connectivity index (χ4n) is 1.59. The lowest BCUT2D eigenvalue weighted by molar-refractivity contribution is 0.522. The summed E-state index contributed by atoms with van der Waals surface area (Å²) in [5, 5.41) is 12.1. The average molecular weight is 191 g/mol. The van der Waals surface area contributed by atoms with E-state index in [1.165, 1.54) is 5.56 Å². The predicted molar refractivity (Wildman–Crippen MR) is 51.8 cm³/mol. The van der Waals surface area contributed by atoms with Gasteiger partial charge in [0.15, 0.2) is 0 Å². The van der Waals surface area contributed by atoms with Gasteiger partial charge in [0.05, 0.1) is 17.9 Å². The smallest absolute Gasteiger partial charge is 0.0949 e. The lowest BCUT2D eigenvalue weighted by atomic mass is 10.2. The number of aryl methyl sites for hydroxylation is 2. The van der Waals surface area contributed by atoms with E-state index in [4.69, 9.17) is 0 Å². The molecule has 5 heteroatoms. The van der Waals surface area contributed by atoms with Crippen LogP contribution in [0.5, 0.6) is 0 Å². The van der Waals surface area contributed by atoms with Crippen molar-refractivity contribution in [2.24, 2.45) is 7.05 Å². The highest BCUT2D eigenvalue weighted by molar-refractivity contribution is 5.18. The zero-order chi connectivity index (χ0) is 10.1. The summed E-state index contributed by atoms with van der Waals surface area (Å²) < 4.78 is 3.62. The van der Waals surface area contributed by atoms with Gasteiger partial charge in [0, 0.05) is 19.4 Å². The summed E-state index contributed by atoms with van der Waals surface area (Å²) in [5.41, 5.74) is 2.22. The van der Waals surface area contributed by atoms with Crippen molar-refractivity contribution < 1.29 is 0 Å². The van der Waals surface area contributed by atoms with E-state index in [0.29, 0.717) is 0 Å². The highest BCUT2D eigenvalue weighted by Gasteiger charge is 2.14. The molecule has 0 aliphatic carbocycles. The molecule has 0 N–H and O–H groups in total. The predicted octanol–water partition coefficient (Wildman–Crippen LogP) is 0.929. The summed E-state index contributed by atoms with van der Waals surface area (Å²) in [6.45, 7) is 4.11. The molecular weight excluding hydrogens is 178 g/mol. The molecule has 0 aliphatic rings. The molecule has 2 aromatic rings. The summed E-state index contributed by atoms with van der Waals surface area (Å²) in [6.07, 6.45) is 5.52. The first-order valence-electron chi connectivity index (χ1n) is 4.54. The largest absolute Gasteiger partial charge is 0.275 e. The van der Waals surface area contributed by atoms with Gasteiger partial charge in [0.1, 0.15) is 0 Å². The topological polar surface area (TPSA) is 48.5 Å². The molecule has 1 atom stereocenters. The van der Waals surface area contributed by atoms with Crippen LogP contribution in [0, 0.1) is 6.92 Å². The zero-order valence-corrected chi connectivity index (χ0v) is 8.55. The van der Waals surface area contributed by atoms with Gasteiger partial charge in [0.2, 0.25) is 0 Å². The molecule has 0 saturated heterocycles.